The normalized spacial score (nSPS) is 27.8. The molecule has 0 unspecified atom stereocenters. The molecule has 19 heteroatoms. The number of carbonyl (C=O) groups is 4. The number of aliphatic hydroxyl groups excluding tert-OH is 4. The van der Waals surface area contributed by atoms with Gasteiger partial charge in [-0.05, 0) is 47.5 Å². The molecule has 0 aliphatic carbocycles. The molecule has 2 heterocycles. The highest BCUT2D eigenvalue weighted by molar-refractivity contribution is 5.88. The Morgan fingerprint density at radius 2 is 1.31 bits per heavy atom. The van der Waals surface area contributed by atoms with Gasteiger partial charge in [-0.2, -0.15) is 0 Å². The highest BCUT2D eigenvalue weighted by atomic mass is 16.8. The van der Waals surface area contributed by atoms with Crippen molar-refractivity contribution < 1.29 is 92.4 Å². The zero-order valence-electron chi connectivity index (χ0n) is 30.0. The summed E-state index contributed by atoms with van der Waals surface area (Å²) in [6.45, 7) is -0.422. The van der Waals surface area contributed by atoms with Crippen molar-refractivity contribution in [3.8, 4) is 23.0 Å². The van der Waals surface area contributed by atoms with E-state index in [4.69, 9.17) is 42.6 Å². The molecule has 2 aliphatic rings. The summed E-state index contributed by atoms with van der Waals surface area (Å²) < 4.78 is 48.3. The van der Waals surface area contributed by atoms with Crippen LogP contribution in [0.2, 0.25) is 0 Å². The maximum absolute atomic E-state index is 13.1. The van der Waals surface area contributed by atoms with Crippen LogP contribution in [0.4, 0.5) is 0 Å². The first-order chi connectivity index (χ1) is 26.1. The summed E-state index contributed by atoms with van der Waals surface area (Å²) >= 11 is 0. The fourth-order valence-corrected chi connectivity index (χ4v) is 5.56. The average molecular weight is 779 g/mol. The molecule has 55 heavy (non-hydrogen) atoms. The molecule has 2 fully saturated rings. The van der Waals surface area contributed by atoms with Crippen molar-refractivity contribution in [1.29, 1.82) is 0 Å². The van der Waals surface area contributed by atoms with Crippen molar-refractivity contribution >= 4 is 36.0 Å². The molecular formula is C36H42O19. The standard InChI is InChI=1S/C36H42O19/c1-18(38)49-16-27-31(45)34(53-29(43)12-8-21-6-10-23(41)25(14-21)48-4)36(17-37,54-27)55-35-32(46)33(51-19(2)39)30(44)26(52-35)15-50-28(42)11-7-20-5-9-22(40)24(13-20)47-3/h5-14,26-27,30-35,37,40-41,44-46H,15-17H2,1-4H3/b11-7+,12-8+/t26-,27+,30+,31+,32+,33-,34-,35+,36-/m0/s1. The molecule has 4 rings (SSSR count). The first kappa shape index (κ1) is 42.5. The predicted octanol–water partition coefficient (Wildman–Crippen LogP) is -0.297. The number of phenols is 2. The molecule has 19 nitrogen and oxygen atoms in total. The third kappa shape index (κ3) is 10.7. The van der Waals surface area contributed by atoms with Gasteiger partial charge in [0.05, 0.1) is 14.2 Å². The second-order valence-corrected chi connectivity index (χ2v) is 12.2. The zero-order chi connectivity index (χ0) is 40.4. The molecule has 6 N–H and O–H groups in total. The molecule has 0 radical (unpaired) electrons. The molecule has 2 aromatic rings. The first-order valence-electron chi connectivity index (χ1n) is 16.6. The highest BCUT2D eigenvalue weighted by Gasteiger charge is 2.61. The lowest BCUT2D eigenvalue weighted by molar-refractivity contribution is -0.383. The van der Waals surface area contributed by atoms with Crippen LogP contribution in [0.15, 0.2) is 48.6 Å². The van der Waals surface area contributed by atoms with Crippen molar-refractivity contribution in [3.05, 3.63) is 59.7 Å². The third-order valence-electron chi connectivity index (χ3n) is 8.27. The molecule has 9 atom stereocenters. The topological polar surface area (TPSA) is 273 Å². The minimum absolute atomic E-state index is 0.110. The van der Waals surface area contributed by atoms with Gasteiger partial charge in [0.15, 0.2) is 41.5 Å². The second-order valence-electron chi connectivity index (χ2n) is 12.2. The lowest BCUT2D eigenvalue weighted by atomic mass is 9.98. The number of methoxy groups -OCH3 is 2. The number of aliphatic hydroxyl groups is 4. The summed E-state index contributed by atoms with van der Waals surface area (Å²) in [7, 11) is 2.67. The number of hydrogen-bond donors (Lipinski definition) is 6. The van der Waals surface area contributed by atoms with E-state index >= 15 is 0 Å². The lowest BCUT2D eigenvalue weighted by Gasteiger charge is -2.44. The van der Waals surface area contributed by atoms with E-state index < -0.39 is 98.5 Å². The molecule has 0 saturated carbocycles. The van der Waals surface area contributed by atoms with E-state index in [1.807, 2.05) is 0 Å². The monoisotopic (exact) mass is 778 g/mol. The van der Waals surface area contributed by atoms with Crippen molar-refractivity contribution in [2.24, 2.45) is 0 Å². The van der Waals surface area contributed by atoms with E-state index in [1.54, 1.807) is 0 Å². The Morgan fingerprint density at radius 3 is 1.84 bits per heavy atom. The summed E-state index contributed by atoms with van der Waals surface area (Å²) in [5.41, 5.74) is 0.849. The number of benzene rings is 2. The van der Waals surface area contributed by atoms with Crippen LogP contribution >= 0.6 is 0 Å². The molecule has 0 amide bonds. The summed E-state index contributed by atoms with van der Waals surface area (Å²) in [4.78, 5) is 49.2. The number of aromatic hydroxyl groups is 2. The molecule has 0 aromatic heterocycles. The Labute approximate surface area is 313 Å². The highest BCUT2D eigenvalue weighted by Crippen LogP contribution is 2.39. The molecule has 0 bridgehead atoms. The number of rotatable bonds is 15. The Kier molecular flexibility index (Phi) is 14.6. The Morgan fingerprint density at radius 1 is 0.745 bits per heavy atom. The molecule has 300 valence electrons. The van der Waals surface area contributed by atoms with Crippen molar-refractivity contribution in [3.63, 3.8) is 0 Å². The van der Waals surface area contributed by atoms with Crippen LogP contribution in [-0.4, -0.2) is 143 Å². The Balaban J connectivity index is 1.57. The van der Waals surface area contributed by atoms with E-state index in [-0.39, 0.29) is 23.0 Å². The molecule has 0 spiro atoms. The molecule has 2 aliphatic heterocycles. The number of carbonyl (C=O) groups excluding carboxylic acids is 4. The Hall–Kier alpha value is -5.28. The van der Waals surface area contributed by atoms with Gasteiger partial charge in [-0.3, -0.25) is 9.59 Å². The van der Waals surface area contributed by atoms with Gasteiger partial charge in [-0.15, -0.1) is 0 Å². The minimum Gasteiger partial charge on any atom is -0.504 e. The lowest BCUT2D eigenvalue weighted by Crippen LogP contribution is -2.64. The zero-order valence-corrected chi connectivity index (χ0v) is 30.0. The van der Waals surface area contributed by atoms with Crippen LogP contribution < -0.4 is 9.47 Å². The van der Waals surface area contributed by atoms with E-state index in [1.165, 1.54) is 62.8 Å². The van der Waals surface area contributed by atoms with Gasteiger partial charge in [0.2, 0.25) is 5.79 Å². The van der Waals surface area contributed by atoms with E-state index in [0.717, 1.165) is 26.0 Å². The van der Waals surface area contributed by atoms with Crippen LogP contribution in [-0.2, 0) is 52.3 Å². The largest absolute Gasteiger partial charge is 0.504 e. The minimum atomic E-state index is -2.56. The van der Waals surface area contributed by atoms with Crippen LogP contribution in [0.3, 0.4) is 0 Å². The van der Waals surface area contributed by atoms with Gasteiger partial charge in [0.25, 0.3) is 0 Å². The van der Waals surface area contributed by atoms with Crippen molar-refractivity contribution in [1.82, 2.24) is 0 Å². The fourth-order valence-electron chi connectivity index (χ4n) is 5.56. The van der Waals surface area contributed by atoms with E-state index in [2.05, 4.69) is 0 Å². The summed E-state index contributed by atoms with van der Waals surface area (Å²) in [5, 5.41) is 63.6. The van der Waals surface area contributed by atoms with Crippen LogP contribution in [0.25, 0.3) is 12.2 Å². The number of hydrogen-bond acceptors (Lipinski definition) is 19. The molecular weight excluding hydrogens is 736 g/mol. The fraction of sp³-hybridized carbons (Fsp3) is 0.444. The number of phenolic OH excluding ortho intramolecular Hbond substituents is 2. The third-order valence-corrected chi connectivity index (χ3v) is 8.27. The summed E-state index contributed by atoms with van der Waals surface area (Å²) in [6.07, 6.45) is -9.78. The Bertz CT molecular complexity index is 1740. The van der Waals surface area contributed by atoms with Gasteiger partial charge >= 0.3 is 23.9 Å². The summed E-state index contributed by atoms with van der Waals surface area (Å²) in [6, 6.07) is 8.47. The number of esters is 4. The molecule has 2 saturated heterocycles. The average Bonchev–Trinajstić information content (AvgIpc) is 3.41. The van der Waals surface area contributed by atoms with Crippen molar-refractivity contribution in [2.75, 3.05) is 34.0 Å². The maximum Gasteiger partial charge on any atom is 0.331 e. The van der Waals surface area contributed by atoms with Crippen LogP contribution in [0.1, 0.15) is 25.0 Å². The van der Waals surface area contributed by atoms with Gasteiger partial charge < -0.3 is 73.3 Å². The molecule has 2 aromatic carbocycles. The second kappa shape index (κ2) is 18.8. The summed E-state index contributed by atoms with van der Waals surface area (Å²) in [5.74, 6) is -6.31. The van der Waals surface area contributed by atoms with Gasteiger partial charge in [-0.1, -0.05) is 12.1 Å². The van der Waals surface area contributed by atoms with Crippen LogP contribution in [0, 0.1) is 0 Å². The predicted molar refractivity (Wildman–Crippen MR) is 183 cm³/mol. The van der Waals surface area contributed by atoms with E-state index in [9.17, 15) is 49.8 Å². The SMILES string of the molecule is COc1cc(/C=C/C(=O)OC[C@@H]2O[C@H](O[C@]3(CO)O[C@H](COC(C)=O)[C@@H](O)[C@@H]3OC(=O)/C=C/c3ccc(O)c(OC)c3)[C@H](O)[C@@H](OC(C)=O)[C@@H]2O)ccc1O. The quantitative estimate of drug-likeness (QED) is 0.0770. The first-order valence-corrected chi connectivity index (χ1v) is 16.6. The van der Waals surface area contributed by atoms with Gasteiger partial charge in [0.1, 0.15) is 50.3 Å². The number of ether oxygens (including phenoxy) is 9. The van der Waals surface area contributed by atoms with Crippen LogP contribution in [0.5, 0.6) is 23.0 Å². The van der Waals surface area contributed by atoms with Gasteiger partial charge in [0, 0.05) is 26.0 Å². The van der Waals surface area contributed by atoms with Gasteiger partial charge in [-0.25, -0.2) is 9.59 Å². The van der Waals surface area contributed by atoms with Crippen molar-refractivity contribution in [2.45, 2.75) is 68.7 Å². The van der Waals surface area contributed by atoms with E-state index in [0.29, 0.717) is 11.1 Å². The smallest absolute Gasteiger partial charge is 0.331 e. The maximum atomic E-state index is 13.1.